The van der Waals surface area contributed by atoms with Crippen LogP contribution in [0.4, 0.5) is 5.82 Å². The van der Waals surface area contributed by atoms with E-state index in [0.717, 1.165) is 57.6 Å². The zero-order valence-electron chi connectivity index (χ0n) is 19.3. The number of benzene rings is 1. The second kappa shape index (κ2) is 11.8. The fourth-order valence-corrected chi connectivity index (χ4v) is 4.27. The van der Waals surface area contributed by atoms with E-state index in [1.54, 1.807) is 0 Å². The number of hydrogen-bond donors (Lipinski definition) is 1. The van der Waals surface area contributed by atoms with Gasteiger partial charge in [0.05, 0.1) is 13.2 Å². The van der Waals surface area contributed by atoms with Crippen molar-refractivity contribution in [2.75, 3.05) is 64.9 Å². The molecule has 1 unspecified atom stereocenters. The maximum absolute atomic E-state index is 6.08. The number of aromatic nitrogens is 1. The average molecular weight is 550 g/mol. The Morgan fingerprint density at radius 1 is 1.16 bits per heavy atom. The first-order chi connectivity index (χ1) is 15.1. The van der Waals surface area contributed by atoms with Crippen LogP contribution < -0.4 is 10.2 Å². The minimum Gasteiger partial charge on any atom is -0.370 e. The van der Waals surface area contributed by atoms with Crippen molar-refractivity contribution in [2.45, 2.75) is 19.6 Å². The van der Waals surface area contributed by atoms with Crippen LogP contribution in [0.25, 0.3) is 0 Å². The van der Waals surface area contributed by atoms with Crippen LogP contribution in [0.2, 0.25) is 0 Å². The SMILES string of the molecule is CN=C(NCc1ccnc(N2CCN(C)CC2)c1)N1CCOC(c2ccccc2C)C1.I. The van der Waals surface area contributed by atoms with Gasteiger partial charge in [0.2, 0.25) is 0 Å². The number of likely N-dealkylation sites (N-methyl/N-ethyl adjacent to an activating group) is 1. The van der Waals surface area contributed by atoms with Crippen LogP contribution in [0, 0.1) is 6.92 Å². The molecule has 0 amide bonds. The minimum atomic E-state index is 0. The summed E-state index contributed by atoms with van der Waals surface area (Å²) in [5.74, 6) is 1.98. The van der Waals surface area contributed by atoms with Gasteiger partial charge in [0.15, 0.2) is 5.96 Å². The number of aryl methyl sites for hydroxylation is 1. The highest BCUT2D eigenvalue weighted by Crippen LogP contribution is 2.25. The molecule has 2 aliphatic heterocycles. The van der Waals surface area contributed by atoms with Crippen LogP contribution in [0.5, 0.6) is 0 Å². The number of nitrogens with one attached hydrogen (secondary N) is 1. The molecule has 1 atom stereocenters. The molecular weight excluding hydrogens is 515 g/mol. The van der Waals surface area contributed by atoms with Gasteiger partial charge in [-0.1, -0.05) is 24.3 Å². The van der Waals surface area contributed by atoms with Gasteiger partial charge >= 0.3 is 0 Å². The first-order valence-electron chi connectivity index (χ1n) is 11.1. The second-order valence-corrected chi connectivity index (χ2v) is 8.38. The number of piperazine rings is 1. The maximum Gasteiger partial charge on any atom is 0.194 e. The van der Waals surface area contributed by atoms with Crippen LogP contribution in [0.3, 0.4) is 0 Å². The maximum atomic E-state index is 6.08. The predicted octanol–water partition coefficient (Wildman–Crippen LogP) is 2.91. The summed E-state index contributed by atoms with van der Waals surface area (Å²) in [6, 6.07) is 12.7. The third kappa shape index (κ3) is 6.11. The number of hydrogen-bond acceptors (Lipinski definition) is 5. The molecule has 32 heavy (non-hydrogen) atoms. The molecule has 0 spiro atoms. The van der Waals surface area contributed by atoms with E-state index in [4.69, 9.17) is 4.74 Å². The molecule has 2 saturated heterocycles. The van der Waals surface area contributed by atoms with Crippen LogP contribution in [0.1, 0.15) is 22.8 Å². The molecule has 1 N–H and O–H groups in total. The topological polar surface area (TPSA) is 56.2 Å². The molecule has 3 heterocycles. The Balaban J connectivity index is 0.00000289. The van der Waals surface area contributed by atoms with E-state index in [0.29, 0.717) is 6.61 Å². The van der Waals surface area contributed by atoms with Crippen molar-refractivity contribution in [1.82, 2.24) is 20.1 Å². The van der Waals surface area contributed by atoms with E-state index < -0.39 is 0 Å². The molecule has 0 bridgehead atoms. The number of nitrogens with zero attached hydrogens (tertiary/aromatic N) is 5. The number of guanidine groups is 1. The molecule has 2 aliphatic rings. The number of rotatable bonds is 4. The zero-order chi connectivity index (χ0) is 21.6. The summed E-state index contributed by atoms with van der Waals surface area (Å²) in [5.41, 5.74) is 3.74. The smallest absolute Gasteiger partial charge is 0.194 e. The number of morpholine rings is 1. The second-order valence-electron chi connectivity index (χ2n) is 8.38. The lowest BCUT2D eigenvalue weighted by Gasteiger charge is -2.36. The molecule has 2 aromatic rings. The Morgan fingerprint density at radius 3 is 2.69 bits per heavy atom. The van der Waals surface area contributed by atoms with Crippen molar-refractivity contribution < 1.29 is 4.74 Å². The monoisotopic (exact) mass is 550 g/mol. The van der Waals surface area contributed by atoms with E-state index in [1.807, 2.05) is 13.2 Å². The van der Waals surface area contributed by atoms with Gasteiger partial charge in [-0.15, -0.1) is 24.0 Å². The average Bonchev–Trinajstić information content (AvgIpc) is 2.81. The summed E-state index contributed by atoms with van der Waals surface area (Å²) in [4.78, 5) is 16.2. The van der Waals surface area contributed by atoms with Crippen molar-refractivity contribution in [1.29, 1.82) is 0 Å². The molecular formula is C24H35IN6O. The van der Waals surface area contributed by atoms with Crippen molar-refractivity contribution in [3.8, 4) is 0 Å². The summed E-state index contributed by atoms with van der Waals surface area (Å²) in [5, 5.41) is 3.55. The third-order valence-electron chi connectivity index (χ3n) is 6.20. The van der Waals surface area contributed by atoms with Gasteiger partial charge in [-0.2, -0.15) is 0 Å². The Bertz CT molecular complexity index is 900. The highest BCUT2D eigenvalue weighted by Gasteiger charge is 2.25. The lowest BCUT2D eigenvalue weighted by atomic mass is 10.0. The number of aliphatic imine (C=N–C) groups is 1. The Kier molecular flexibility index (Phi) is 9.12. The molecule has 8 heteroatoms. The molecule has 174 valence electrons. The fraction of sp³-hybridized carbons (Fsp3) is 0.500. The number of ether oxygens (including phenoxy) is 1. The Hall–Kier alpha value is -1.91. The van der Waals surface area contributed by atoms with Crippen molar-refractivity contribution in [3.05, 3.63) is 59.3 Å². The largest absolute Gasteiger partial charge is 0.370 e. The quantitative estimate of drug-likeness (QED) is 0.359. The van der Waals surface area contributed by atoms with Gasteiger partial charge in [-0.3, -0.25) is 4.99 Å². The lowest BCUT2D eigenvalue weighted by molar-refractivity contribution is -0.00833. The molecule has 0 aliphatic carbocycles. The zero-order valence-corrected chi connectivity index (χ0v) is 21.7. The molecule has 7 nitrogen and oxygen atoms in total. The molecule has 1 aromatic carbocycles. The van der Waals surface area contributed by atoms with Gasteiger partial charge < -0.3 is 24.8 Å². The number of anilines is 1. The van der Waals surface area contributed by atoms with E-state index >= 15 is 0 Å². The van der Waals surface area contributed by atoms with Gasteiger partial charge in [0.1, 0.15) is 11.9 Å². The van der Waals surface area contributed by atoms with E-state index in [9.17, 15) is 0 Å². The molecule has 2 fully saturated rings. The summed E-state index contributed by atoms with van der Waals surface area (Å²) < 4.78 is 6.08. The summed E-state index contributed by atoms with van der Waals surface area (Å²) in [6.45, 7) is 9.41. The van der Waals surface area contributed by atoms with E-state index in [-0.39, 0.29) is 30.1 Å². The van der Waals surface area contributed by atoms with Crippen LogP contribution >= 0.6 is 24.0 Å². The first-order valence-corrected chi connectivity index (χ1v) is 11.1. The van der Waals surface area contributed by atoms with Crippen molar-refractivity contribution >= 4 is 35.8 Å². The van der Waals surface area contributed by atoms with Gasteiger partial charge in [-0.25, -0.2) is 4.98 Å². The highest BCUT2D eigenvalue weighted by molar-refractivity contribution is 14.0. The van der Waals surface area contributed by atoms with Crippen LogP contribution in [-0.4, -0.2) is 80.7 Å². The Morgan fingerprint density at radius 2 is 1.94 bits per heavy atom. The van der Waals surface area contributed by atoms with E-state index in [1.165, 1.54) is 16.7 Å². The molecule has 4 rings (SSSR count). The van der Waals surface area contributed by atoms with Crippen molar-refractivity contribution in [3.63, 3.8) is 0 Å². The molecule has 1 aromatic heterocycles. The minimum absolute atomic E-state index is 0. The summed E-state index contributed by atoms with van der Waals surface area (Å²) in [6.07, 6.45) is 1.98. The van der Waals surface area contributed by atoms with Crippen LogP contribution in [-0.2, 0) is 11.3 Å². The van der Waals surface area contributed by atoms with Crippen molar-refractivity contribution in [2.24, 2.45) is 4.99 Å². The van der Waals surface area contributed by atoms with Gasteiger partial charge in [-0.05, 0) is 42.8 Å². The molecule has 0 radical (unpaired) electrons. The summed E-state index contributed by atoms with van der Waals surface area (Å²) in [7, 11) is 4.02. The predicted molar refractivity (Wildman–Crippen MR) is 141 cm³/mol. The van der Waals surface area contributed by atoms with E-state index in [2.05, 4.69) is 80.4 Å². The van der Waals surface area contributed by atoms with Gasteiger partial charge in [0.25, 0.3) is 0 Å². The molecule has 0 saturated carbocycles. The summed E-state index contributed by atoms with van der Waals surface area (Å²) >= 11 is 0. The van der Waals surface area contributed by atoms with Crippen LogP contribution in [0.15, 0.2) is 47.6 Å². The highest BCUT2D eigenvalue weighted by atomic mass is 127. The Labute approximate surface area is 208 Å². The third-order valence-corrected chi connectivity index (χ3v) is 6.20. The normalized spacial score (nSPS) is 20.1. The fourth-order valence-electron chi connectivity index (χ4n) is 4.27. The number of halogens is 1. The lowest BCUT2D eigenvalue weighted by Crippen LogP contribution is -2.48. The first kappa shape index (κ1) is 24.7. The standard InChI is InChI=1S/C24H34N6O.HI/c1-19-6-4-5-7-21(19)22-18-30(14-15-31-22)24(25-2)27-17-20-8-9-26-23(16-20)29-12-10-28(3)11-13-29;/h4-9,16,22H,10-15,17-18H2,1-3H3,(H,25,27);1H. The number of pyridine rings is 1. The van der Waals surface area contributed by atoms with Gasteiger partial charge in [0, 0.05) is 52.5 Å².